The van der Waals surface area contributed by atoms with Crippen LogP contribution in [-0.2, 0) is 9.84 Å². The van der Waals surface area contributed by atoms with Gasteiger partial charge in [0.1, 0.15) is 0 Å². The topological polar surface area (TPSA) is 131 Å². The van der Waals surface area contributed by atoms with E-state index in [1.807, 2.05) is 0 Å². The molecule has 1 fully saturated rings. The second-order valence-electron chi connectivity index (χ2n) is 6.39. The Kier molecular flexibility index (Phi) is 4.19. The number of carbonyl (C=O) groups is 1. The molecule has 0 unspecified atom stereocenters. The molecular weight excluding hydrogens is 368 g/mol. The molecule has 138 valence electrons. The number of carbonyl (C=O) groups excluding carboxylic acids is 1. The number of aromatic nitrogens is 5. The summed E-state index contributed by atoms with van der Waals surface area (Å²) in [6, 6.07) is 8.89. The van der Waals surface area contributed by atoms with E-state index in [-0.39, 0.29) is 22.8 Å². The maximum atomic E-state index is 12.2. The predicted octanol–water partition coefficient (Wildman–Crippen LogP) is 1.22. The van der Waals surface area contributed by atoms with Gasteiger partial charge in [0, 0.05) is 24.1 Å². The number of nitrogens with zero attached hydrogens (tertiary/aromatic N) is 4. The molecule has 10 heteroatoms. The molecule has 1 saturated carbocycles. The lowest BCUT2D eigenvalue weighted by Gasteiger charge is -2.11. The van der Waals surface area contributed by atoms with Gasteiger partial charge in [0.2, 0.25) is 0 Å². The van der Waals surface area contributed by atoms with Crippen LogP contribution in [0.2, 0.25) is 0 Å². The highest BCUT2D eigenvalue weighted by molar-refractivity contribution is 7.90. The number of tetrazole rings is 1. The minimum absolute atomic E-state index is 0.115. The van der Waals surface area contributed by atoms with Crippen molar-refractivity contribution in [3.63, 3.8) is 0 Å². The van der Waals surface area contributed by atoms with Gasteiger partial charge in [0.15, 0.2) is 20.7 Å². The normalized spacial score (nSPS) is 14.1. The van der Waals surface area contributed by atoms with Gasteiger partial charge in [0.25, 0.3) is 5.91 Å². The summed E-state index contributed by atoms with van der Waals surface area (Å²) in [5.41, 5.74) is 2.15. The lowest BCUT2D eigenvalue weighted by molar-refractivity contribution is 0.0951. The van der Waals surface area contributed by atoms with Crippen molar-refractivity contribution in [2.24, 2.45) is 0 Å². The highest BCUT2D eigenvalue weighted by Gasteiger charge is 2.25. The molecule has 1 amide bonds. The second kappa shape index (κ2) is 6.54. The Morgan fingerprint density at radius 3 is 2.52 bits per heavy atom. The standard InChI is InChI=1S/C17H16N6O3S/c1-27(25,26)17-14(15-20-22-23-21-15)13(8-9-18-17)10-2-4-11(5-3-10)16(24)19-12-6-7-12/h2-5,8-9,12H,6-7H2,1H3,(H,19,24)(H,20,21,22,23). The molecule has 0 saturated heterocycles. The quantitative estimate of drug-likeness (QED) is 0.676. The minimum atomic E-state index is -3.61. The van der Waals surface area contributed by atoms with Crippen LogP contribution in [0, 0.1) is 0 Å². The van der Waals surface area contributed by atoms with Gasteiger partial charge >= 0.3 is 0 Å². The van der Waals surface area contributed by atoms with Crippen LogP contribution < -0.4 is 5.32 Å². The third-order valence-corrected chi connectivity index (χ3v) is 5.23. The molecule has 2 N–H and O–H groups in total. The summed E-state index contributed by atoms with van der Waals surface area (Å²) in [7, 11) is -3.61. The van der Waals surface area contributed by atoms with Gasteiger partial charge in [-0.25, -0.2) is 18.5 Å². The van der Waals surface area contributed by atoms with Crippen molar-refractivity contribution in [1.29, 1.82) is 0 Å². The van der Waals surface area contributed by atoms with E-state index in [9.17, 15) is 13.2 Å². The molecule has 0 spiro atoms. The average Bonchev–Trinajstić information content (AvgIpc) is 3.30. The first kappa shape index (κ1) is 17.3. The van der Waals surface area contributed by atoms with Crippen LogP contribution in [0.25, 0.3) is 22.5 Å². The Morgan fingerprint density at radius 2 is 1.93 bits per heavy atom. The molecule has 2 aromatic heterocycles. The number of amides is 1. The van der Waals surface area contributed by atoms with E-state index >= 15 is 0 Å². The number of hydrogen-bond acceptors (Lipinski definition) is 7. The van der Waals surface area contributed by atoms with E-state index in [2.05, 4.69) is 30.9 Å². The molecule has 1 aliphatic carbocycles. The zero-order chi connectivity index (χ0) is 19.0. The van der Waals surface area contributed by atoms with Crippen molar-refractivity contribution < 1.29 is 13.2 Å². The lowest BCUT2D eigenvalue weighted by atomic mass is 10.00. The number of pyridine rings is 1. The number of rotatable bonds is 5. The van der Waals surface area contributed by atoms with E-state index in [1.54, 1.807) is 30.3 Å². The van der Waals surface area contributed by atoms with Crippen molar-refractivity contribution >= 4 is 15.7 Å². The predicted molar refractivity (Wildman–Crippen MR) is 96.4 cm³/mol. The first-order valence-corrected chi connectivity index (χ1v) is 10.2. The van der Waals surface area contributed by atoms with Crippen LogP contribution in [0.5, 0.6) is 0 Å². The molecular formula is C17H16N6O3S. The first-order chi connectivity index (χ1) is 12.9. The largest absolute Gasteiger partial charge is 0.349 e. The summed E-state index contributed by atoms with van der Waals surface area (Å²) in [4.78, 5) is 16.2. The summed E-state index contributed by atoms with van der Waals surface area (Å²) in [6.45, 7) is 0. The van der Waals surface area contributed by atoms with E-state index in [4.69, 9.17) is 0 Å². The Balaban J connectivity index is 1.78. The van der Waals surface area contributed by atoms with Crippen LogP contribution >= 0.6 is 0 Å². The third kappa shape index (κ3) is 3.56. The number of benzene rings is 1. The first-order valence-electron chi connectivity index (χ1n) is 8.28. The summed E-state index contributed by atoms with van der Waals surface area (Å²) in [5.74, 6) is 0.0874. The number of H-pyrrole nitrogens is 1. The van der Waals surface area contributed by atoms with Crippen molar-refractivity contribution in [1.82, 2.24) is 30.9 Å². The fourth-order valence-electron chi connectivity index (χ4n) is 2.76. The molecule has 0 bridgehead atoms. The molecule has 1 aromatic carbocycles. The molecule has 1 aliphatic rings. The van der Waals surface area contributed by atoms with E-state index < -0.39 is 9.84 Å². The smallest absolute Gasteiger partial charge is 0.251 e. The SMILES string of the molecule is CS(=O)(=O)c1nccc(-c2ccc(C(=O)NC3CC3)cc2)c1-c1nnn[nH]1. The Labute approximate surface area is 155 Å². The van der Waals surface area contributed by atoms with Crippen LogP contribution in [0.1, 0.15) is 23.2 Å². The number of nitrogens with one attached hydrogen (secondary N) is 2. The number of sulfone groups is 1. The van der Waals surface area contributed by atoms with E-state index in [0.717, 1.165) is 24.7 Å². The van der Waals surface area contributed by atoms with Crippen LogP contribution in [0.15, 0.2) is 41.6 Å². The van der Waals surface area contributed by atoms with E-state index in [1.165, 1.54) is 6.20 Å². The molecule has 27 heavy (non-hydrogen) atoms. The Morgan fingerprint density at radius 1 is 1.19 bits per heavy atom. The average molecular weight is 384 g/mol. The van der Waals surface area contributed by atoms with E-state index in [0.29, 0.717) is 16.7 Å². The molecule has 3 aromatic rings. The monoisotopic (exact) mass is 384 g/mol. The summed E-state index contributed by atoms with van der Waals surface area (Å²) in [6.07, 6.45) is 4.54. The van der Waals surface area contributed by atoms with Gasteiger partial charge in [-0.15, -0.1) is 5.10 Å². The van der Waals surface area contributed by atoms with Gasteiger partial charge in [-0.3, -0.25) is 4.79 Å². The Hall–Kier alpha value is -3.14. The van der Waals surface area contributed by atoms with Crippen LogP contribution in [0.3, 0.4) is 0 Å². The third-order valence-electron chi connectivity index (χ3n) is 4.22. The fourth-order valence-corrected chi connectivity index (χ4v) is 3.59. The van der Waals surface area contributed by atoms with Gasteiger partial charge in [-0.1, -0.05) is 12.1 Å². The summed E-state index contributed by atoms with van der Waals surface area (Å²) < 4.78 is 24.4. The summed E-state index contributed by atoms with van der Waals surface area (Å²) >= 11 is 0. The highest BCUT2D eigenvalue weighted by atomic mass is 32.2. The van der Waals surface area contributed by atoms with Crippen molar-refractivity contribution in [3.05, 3.63) is 42.1 Å². The van der Waals surface area contributed by atoms with Gasteiger partial charge in [0.05, 0.1) is 5.56 Å². The lowest BCUT2D eigenvalue weighted by Crippen LogP contribution is -2.25. The molecule has 9 nitrogen and oxygen atoms in total. The molecule has 2 heterocycles. The molecule has 0 radical (unpaired) electrons. The zero-order valence-electron chi connectivity index (χ0n) is 14.4. The molecule has 4 rings (SSSR count). The minimum Gasteiger partial charge on any atom is -0.349 e. The number of aromatic amines is 1. The Bertz CT molecular complexity index is 1090. The van der Waals surface area contributed by atoms with Crippen molar-refractivity contribution in [2.75, 3.05) is 6.26 Å². The zero-order valence-corrected chi connectivity index (χ0v) is 15.2. The molecule has 0 atom stereocenters. The maximum Gasteiger partial charge on any atom is 0.251 e. The van der Waals surface area contributed by atoms with Crippen molar-refractivity contribution in [3.8, 4) is 22.5 Å². The fraction of sp³-hybridized carbons (Fsp3) is 0.235. The molecule has 0 aliphatic heterocycles. The second-order valence-corrected chi connectivity index (χ2v) is 8.32. The van der Waals surface area contributed by atoms with Crippen molar-refractivity contribution in [2.45, 2.75) is 23.9 Å². The van der Waals surface area contributed by atoms with Crippen LogP contribution in [-0.4, -0.2) is 52.2 Å². The number of hydrogen-bond donors (Lipinski definition) is 2. The van der Waals surface area contributed by atoms with Gasteiger partial charge < -0.3 is 5.32 Å². The summed E-state index contributed by atoms with van der Waals surface area (Å²) in [5, 5.41) is 16.3. The van der Waals surface area contributed by atoms with Gasteiger partial charge in [-0.2, -0.15) is 0 Å². The van der Waals surface area contributed by atoms with Crippen LogP contribution in [0.4, 0.5) is 0 Å². The maximum absolute atomic E-state index is 12.2. The highest BCUT2D eigenvalue weighted by Crippen LogP contribution is 2.34. The van der Waals surface area contributed by atoms with Gasteiger partial charge in [-0.05, 0) is 52.6 Å².